The lowest BCUT2D eigenvalue weighted by molar-refractivity contribution is 0.410. The van der Waals surface area contributed by atoms with Gasteiger partial charge < -0.3 is 14.8 Å². The topological polar surface area (TPSA) is 69.9 Å². The quantitative estimate of drug-likeness (QED) is 0.773. The van der Waals surface area contributed by atoms with Gasteiger partial charge in [0.25, 0.3) is 0 Å². The molecular weight excluding hydrogens is 259 g/mol. The molecule has 0 radical (unpaired) electrons. The lowest BCUT2D eigenvalue weighted by Gasteiger charge is -2.03. The predicted octanol–water partition coefficient (Wildman–Crippen LogP) is 2.45. The molecule has 0 spiro atoms. The highest BCUT2D eigenvalue weighted by Crippen LogP contribution is 2.25. The van der Waals surface area contributed by atoms with Crippen molar-refractivity contribution < 1.29 is 8.91 Å². The van der Waals surface area contributed by atoms with Crippen molar-refractivity contribution in [3.8, 4) is 0 Å². The van der Waals surface area contributed by atoms with E-state index in [0.717, 1.165) is 0 Å². The molecule has 3 rings (SSSR count). The third-order valence-corrected chi connectivity index (χ3v) is 2.92. The third kappa shape index (κ3) is 1.70. The normalized spacial score (nSPS) is 11.2. The molecule has 0 unspecified atom stereocenters. The Morgan fingerprint density at radius 2 is 2.28 bits per heavy atom. The van der Waals surface area contributed by atoms with Gasteiger partial charge in [-0.1, -0.05) is 16.8 Å². The highest BCUT2D eigenvalue weighted by molar-refractivity contribution is 6.31. The number of halogens is 2. The van der Waals surface area contributed by atoms with Gasteiger partial charge in [-0.2, -0.15) is 0 Å². The van der Waals surface area contributed by atoms with Crippen molar-refractivity contribution in [2.45, 2.75) is 6.54 Å². The second kappa shape index (κ2) is 3.99. The Morgan fingerprint density at radius 3 is 3.00 bits per heavy atom. The SMILES string of the molecule is Nc1nc2cc(Cl)c(F)cc2n1Cc1ccon1. The molecular formula is C11H8ClFN4O. The van der Waals surface area contributed by atoms with Gasteiger partial charge in [-0.25, -0.2) is 9.37 Å². The first-order chi connectivity index (χ1) is 8.65. The molecule has 0 aliphatic carbocycles. The molecule has 2 aromatic heterocycles. The van der Waals surface area contributed by atoms with E-state index in [2.05, 4.69) is 10.1 Å². The van der Waals surface area contributed by atoms with Crippen LogP contribution in [0.2, 0.25) is 5.02 Å². The van der Waals surface area contributed by atoms with Crippen LogP contribution in [-0.2, 0) is 6.54 Å². The molecule has 2 heterocycles. The molecule has 0 atom stereocenters. The molecule has 92 valence electrons. The van der Waals surface area contributed by atoms with E-state index in [1.54, 1.807) is 10.6 Å². The molecule has 1 aromatic carbocycles. The molecule has 0 fully saturated rings. The van der Waals surface area contributed by atoms with Gasteiger partial charge in [-0.05, 0) is 6.07 Å². The third-order valence-electron chi connectivity index (χ3n) is 2.63. The fourth-order valence-electron chi connectivity index (χ4n) is 1.79. The van der Waals surface area contributed by atoms with E-state index in [0.29, 0.717) is 23.3 Å². The zero-order valence-electron chi connectivity index (χ0n) is 9.10. The molecule has 7 heteroatoms. The lowest BCUT2D eigenvalue weighted by atomic mass is 10.3. The van der Waals surface area contributed by atoms with Crippen LogP contribution < -0.4 is 5.73 Å². The molecule has 0 aliphatic heterocycles. The standard InChI is InChI=1S/C11H8ClFN4O/c12-7-3-9-10(4-8(7)13)17(11(14)15-9)5-6-1-2-18-16-6/h1-4H,5H2,(H2,14,15). The molecule has 2 N–H and O–H groups in total. The molecule has 3 aromatic rings. The van der Waals surface area contributed by atoms with Crippen molar-refractivity contribution in [2.75, 3.05) is 5.73 Å². The monoisotopic (exact) mass is 266 g/mol. The van der Waals surface area contributed by atoms with E-state index < -0.39 is 5.82 Å². The molecule has 0 aliphatic rings. The number of nitrogen functional groups attached to an aromatic ring is 1. The van der Waals surface area contributed by atoms with Crippen molar-refractivity contribution in [1.29, 1.82) is 0 Å². The van der Waals surface area contributed by atoms with Crippen molar-refractivity contribution in [1.82, 2.24) is 14.7 Å². The summed E-state index contributed by atoms with van der Waals surface area (Å²) in [5.74, 6) is -0.236. The maximum Gasteiger partial charge on any atom is 0.201 e. The van der Waals surface area contributed by atoms with Gasteiger partial charge in [0.2, 0.25) is 5.95 Å². The van der Waals surface area contributed by atoms with Crippen LogP contribution in [0.15, 0.2) is 29.0 Å². The van der Waals surface area contributed by atoms with E-state index in [9.17, 15) is 4.39 Å². The van der Waals surface area contributed by atoms with Gasteiger partial charge in [0.15, 0.2) is 0 Å². The number of fused-ring (bicyclic) bond motifs is 1. The van der Waals surface area contributed by atoms with Gasteiger partial charge >= 0.3 is 0 Å². The average molecular weight is 267 g/mol. The largest absolute Gasteiger partial charge is 0.369 e. The van der Waals surface area contributed by atoms with Crippen molar-refractivity contribution in [3.05, 3.63) is 41.0 Å². The van der Waals surface area contributed by atoms with Crippen molar-refractivity contribution in [3.63, 3.8) is 0 Å². The predicted molar refractivity (Wildman–Crippen MR) is 64.7 cm³/mol. The van der Waals surface area contributed by atoms with Gasteiger partial charge in [0.1, 0.15) is 17.8 Å². The number of imidazole rings is 1. The number of nitrogens with two attached hydrogens (primary N) is 1. The molecule has 18 heavy (non-hydrogen) atoms. The summed E-state index contributed by atoms with van der Waals surface area (Å²) in [6.07, 6.45) is 1.46. The maximum absolute atomic E-state index is 13.5. The van der Waals surface area contributed by atoms with E-state index >= 15 is 0 Å². The van der Waals surface area contributed by atoms with Crippen molar-refractivity contribution >= 4 is 28.6 Å². The maximum atomic E-state index is 13.5. The number of benzene rings is 1. The summed E-state index contributed by atoms with van der Waals surface area (Å²) in [6, 6.07) is 4.46. The smallest absolute Gasteiger partial charge is 0.201 e. The highest BCUT2D eigenvalue weighted by atomic mass is 35.5. The van der Waals surface area contributed by atoms with Crippen LogP contribution in [0.3, 0.4) is 0 Å². The van der Waals surface area contributed by atoms with Crippen LogP contribution in [0.4, 0.5) is 10.3 Å². The van der Waals surface area contributed by atoms with Crippen LogP contribution in [0.25, 0.3) is 11.0 Å². The Bertz CT molecular complexity index is 707. The minimum atomic E-state index is -0.509. The summed E-state index contributed by atoms with van der Waals surface area (Å²) in [4.78, 5) is 4.13. The fraction of sp³-hybridized carbons (Fsp3) is 0.0909. The number of rotatable bonds is 2. The second-order valence-electron chi connectivity index (χ2n) is 3.80. The molecule has 0 saturated heterocycles. The summed E-state index contributed by atoms with van der Waals surface area (Å²) in [5, 5.41) is 3.80. The molecule has 0 bridgehead atoms. The number of nitrogens with zero attached hydrogens (tertiary/aromatic N) is 3. The highest BCUT2D eigenvalue weighted by Gasteiger charge is 2.12. The Hall–Kier alpha value is -2.08. The summed E-state index contributed by atoms with van der Waals surface area (Å²) in [5.41, 5.74) is 7.59. The summed E-state index contributed by atoms with van der Waals surface area (Å²) in [6.45, 7) is 0.361. The summed E-state index contributed by atoms with van der Waals surface area (Å²) < 4.78 is 19.9. The number of anilines is 1. The molecule has 0 amide bonds. The van der Waals surface area contributed by atoms with Crippen LogP contribution in [0.1, 0.15) is 5.69 Å². The van der Waals surface area contributed by atoms with Crippen molar-refractivity contribution in [2.24, 2.45) is 0 Å². The first kappa shape index (κ1) is 11.0. The van der Waals surface area contributed by atoms with Crippen LogP contribution in [-0.4, -0.2) is 14.7 Å². The minimum Gasteiger partial charge on any atom is -0.369 e. The average Bonchev–Trinajstić information content (AvgIpc) is 2.92. The van der Waals surface area contributed by atoms with E-state index in [1.165, 1.54) is 18.4 Å². The first-order valence-electron chi connectivity index (χ1n) is 5.15. The summed E-state index contributed by atoms with van der Waals surface area (Å²) >= 11 is 5.70. The van der Waals surface area contributed by atoms with E-state index in [-0.39, 0.29) is 11.0 Å². The Kier molecular flexibility index (Phi) is 2.45. The van der Waals surface area contributed by atoms with Crippen LogP contribution in [0, 0.1) is 5.82 Å². The van der Waals surface area contributed by atoms with Gasteiger partial charge in [0, 0.05) is 12.1 Å². The van der Waals surface area contributed by atoms with E-state index in [1.807, 2.05) is 0 Å². The number of aromatic nitrogens is 3. The van der Waals surface area contributed by atoms with Crippen LogP contribution in [0.5, 0.6) is 0 Å². The minimum absolute atomic E-state index is 0.0218. The number of hydrogen-bond donors (Lipinski definition) is 1. The van der Waals surface area contributed by atoms with Crippen LogP contribution >= 0.6 is 11.6 Å². The fourth-order valence-corrected chi connectivity index (χ4v) is 1.94. The Morgan fingerprint density at radius 1 is 1.44 bits per heavy atom. The molecule has 5 nitrogen and oxygen atoms in total. The Labute approximate surface area is 106 Å². The van der Waals surface area contributed by atoms with Gasteiger partial charge in [-0.15, -0.1) is 0 Å². The Balaban J connectivity index is 2.16. The van der Waals surface area contributed by atoms with Gasteiger partial charge in [-0.3, -0.25) is 0 Å². The summed E-state index contributed by atoms with van der Waals surface area (Å²) in [7, 11) is 0. The zero-order chi connectivity index (χ0) is 12.7. The lowest BCUT2D eigenvalue weighted by Crippen LogP contribution is -2.04. The number of hydrogen-bond acceptors (Lipinski definition) is 4. The van der Waals surface area contributed by atoms with E-state index in [4.69, 9.17) is 21.9 Å². The first-order valence-corrected chi connectivity index (χ1v) is 5.53. The zero-order valence-corrected chi connectivity index (χ0v) is 9.86. The second-order valence-corrected chi connectivity index (χ2v) is 4.21. The molecule has 0 saturated carbocycles. The van der Waals surface area contributed by atoms with Gasteiger partial charge in [0.05, 0.1) is 22.6 Å².